The van der Waals surface area contributed by atoms with E-state index in [-0.39, 0.29) is 17.9 Å². The molecule has 5 heteroatoms. The molecular formula is C23H25N3O2. The van der Waals surface area contributed by atoms with Gasteiger partial charge in [-0.05, 0) is 37.0 Å². The van der Waals surface area contributed by atoms with Gasteiger partial charge in [-0.1, -0.05) is 49.2 Å². The molecule has 1 saturated carbocycles. The van der Waals surface area contributed by atoms with Crippen molar-refractivity contribution in [2.45, 2.75) is 43.7 Å². The Morgan fingerprint density at radius 2 is 1.86 bits per heavy atom. The predicted molar refractivity (Wildman–Crippen MR) is 107 cm³/mol. The summed E-state index contributed by atoms with van der Waals surface area (Å²) in [6, 6.07) is 15.8. The molecule has 1 aromatic carbocycles. The zero-order chi connectivity index (χ0) is 19.1. The third-order valence-electron chi connectivity index (χ3n) is 6.66. The van der Waals surface area contributed by atoms with Crippen LogP contribution in [0.3, 0.4) is 0 Å². The molecule has 0 radical (unpaired) electrons. The lowest BCUT2D eigenvalue weighted by Crippen LogP contribution is -2.59. The van der Waals surface area contributed by atoms with Crippen molar-refractivity contribution in [1.29, 1.82) is 0 Å². The first-order valence-electron chi connectivity index (χ1n) is 10.2. The summed E-state index contributed by atoms with van der Waals surface area (Å²) in [7, 11) is 0. The Morgan fingerprint density at radius 1 is 1.07 bits per heavy atom. The van der Waals surface area contributed by atoms with Crippen LogP contribution in [0.2, 0.25) is 0 Å². The van der Waals surface area contributed by atoms with Crippen molar-refractivity contribution < 1.29 is 9.90 Å². The number of hydrogen-bond acceptors (Lipinski definition) is 3. The maximum absolute atomic E-state index is 13.4. The van der Waals surface area contributed by atoms with Crippen LogP contribution in [-0.2, 0) is 5.60 Å². The van der Waals surface area contributed by atoms with E-state index in [9.17, 15) is 9.90 Å². The van der Waals surface area contributed by atoms with E-state index in [0.29, 0.717) is 18.7 Å². The number of hydrogen-bond donors (Lipinski definition) is 1. The van der Waals surface area contributed by atoms with Crippen molar-refractivity contribution in [3.63, 3.8) is 0 Å². The van der Waals surface area contributed by atoms with Crippen molar-refractivity contribution in [2.75, 3.05) is 6.54 Å². The lowest BCUT2D eigenvalue weighted by Gasteiger charge is -2.52. The highest BCUT2D eigenvalue weighted by Gasteiger charge is 2.50. The molecule has 1 aliphatic carbocycles. The predicted octanol–water partition coefficient (Wildman–Crippen LogP) is 3.63. The van der Waals surface area contributed by atoms with Crippen LogP contribution < -0.4 is 0 Å². The number of carbonyl (C=O) groups excluding carboxylic acids is 1. The molecule has 144 valence electrons. The van der Waals surface area contributed by atoms with Crippen LogP contribution in [0.15, 0.2) is 61.1 Å². The molecule has 2 aliphatic rings. The summed E-state index contributed by atoms with van der Waals surface area (Å²) < 4.78 is 1.88. The minimum absolute atomic E-state index is 0.0132. The Kier molecular flexibility index (Phi) is 4.20. The second-order valence-corrected chi connectivity index (χ2v) is 8.08. The first kappa shape index (κ1) is 17.4. The van der Waals surface area contributed by atoms with Crippen molar-refractivity contribution in [3.8, 4) is 0 Å². The van der Waals surface area contributed by atoms with Crippen LogP contribution in [0, 0.1) is 5.92 Å². The van der Waals surface area contributed by atoms with Gasteiger partial charge in [0.15, 0.2) is 5.69 Å². The van der Waals surface area contributed by atoms with E-state index in [2.05, 4.69) is 4.98 Å². The smallest absolute Gasteiger partial charge is 0.274 e. The topological polar surface area (TPSA) is 57.8 Å². The quantitative estimate of drug-likeness (QED) is 0.744. The van der Waals surface area contributed by atoms with Crippen LogP contribution in [-0.4, -0.2) is 37.9 Å². The van der Waals surface area contributed by atoms with Gasteiger partial charge in [0, 0.05) is 24.7 Å². The lowest BCUT2D eigenvalue weighted by atomic mass is 9.66. The Balaban J connectivity index is 1.50. The fourth-order valence-corrected chi connectivity index (χ4v) is 5.27. The third-order valence-corrected chi connectivity index (χ3v) is 6.66. The number of aliphatic hydroxyl groups is 1. The average molecular weight is 375 g/mol. The van der Waals surface area contributed by atoms with Crippen molar-refractivity contribution in [2.24, 2.45) is 5.92 Å². The summed E-state index contributed by atoms with van der Waals surface area (Å²) in [5, 5.41) is 11.7. The lowest BCUT2D eigenvalue weighted by molar-refractivity contribution is -0.110. The number of pyridine rings is 1. The van der Waals surface area contributed by atoms with E-state index in [1.165, 1.54) is 0 Å². The summed E-state index contributed by atoms with van der Waals surface area (Å²) in [5.74, 6) is 0.0518. The van der Waals surface area contributed by atoms with Crippen molar-refractivity contribution >= 4 is 11.4 Å². The molecule has 5 rings (SSSR count). The zero-order valence-electron chi connectivity index (χ0n) is 15.9. The van der Waals surface area contributed by atoms with Crippen LogP contribution in [0.1, 0.15) is 48.2 Å². The first-order chi connectivity index (χ1) is 13.7. The molecule has 1 saturated heterocycles. The molecule has 28 heavy (non-hydrogen) atoms. The SMILES string of the molecule is O=C(c1ncn2ccccc12)N1CC[C@@](O)(c2ccccc2)[C@@H]2CCCCC21. The number of carbonyl (C=O) groups is 1. The van der Waals surface area contributed by atoms with Gasteiger partial charge in [0.05, 0.1) is 11.1 Å². The fraction of sp³-hybridized carbons (Fsp3) is 0.391. The molecule has 2 aromatic heterocycles. The number of nitrogens with zero attached hydrogens (tertiary/aromatic N) is 3. The second-order valence-electron chi connectivity index (χ2n) is 8.08. The number of aromatic nitrogens is 2. The number of rotatable bonds is 2. The number of benzene rings is 1. The third kappa shape index (κ3) is 2.65. The zero-order valence-corrected chi connectivity index (χ0v) is 15.9. The van der Waals surface area contributed by atoms with Gasteiger partial charge in [-0.25, -0.2) is 4.98 Å². The fourth-order valence-electron chi connectivity index (χ4n) is 5.27. The van der Waals surface area contributed by atoms with E-state index in [4.69, 9.17) is 0 Å². The molecule has 1 unspecified atom stereocenters. The van der Waals surface area contributed by atoms with E-state index < -0.39 is 5.60 Å². The standard InChI is InChI=1S/C23H25N3O2/c27-22(21-20-12-6-7-14-25(20)16-24-21)26-15-13-23(28,17-8-2-1-3-9-17)18-10-4-5-11-19(18)26/h1-3,6-9,12,14,16,18-19,28H,4-5,10-11,13,15H2/t18-,19?,23-/m1/s1. The molecule has 3 aromatic rings. The largest absolute Gasteiger partial charge is 0.385 e. The minimum atomic E-state index is -0.862. The van der Waals surface area contributed by atoms with Gasteiger partial charge in [-0.3, -0.25) is 4.79 Å². The number of likely N-dealkylation sites (tertiary alicyclic amines) is 1. The van der Waals surface area contributed by atoms with Gasteiger partial charge in [-0.2, -0.15) is 0 Å². The van der Waals surface area contributed by atoms with E-state index in [1.807, 2.05) is 64.0 Å². The van der Waals surface area contributed by atoms with Crippen LogP contribution in [0.25, 0.3) is 5.52 Å². The molecule has 1 amide bonds. The van der Waals surface area contributed by atoms with Crippen molar-refractivity contribution in [1.82, 2.24) is 14.3 Å². The Hall–Kier alpha value is -2.66. The molecule has 3 atom stereocenters. The number of imidazole rings is 1. The Bertz CT molecular complexity index is 999. The van der Waals surface area contributed by atoms with Gasteiger partial charge in [0.2, 0.25) is 0 Å². The van der Waals surface area contributed by atoms with Gasteiger partial charge < -0.3 is 14.4 Å². The molecule has 1 N–H and O–H groups in total. The van der Waals surface area contributed by atoms with Gasteiger partial charge in [0.1, 0.15) is 6.33 Å². The maximum atomic E-state index is 13.4. The first-order valence-corrected chi connectivity index (χ1v) is 10.2. The van der Waals surface area contributed by atoms with E-state index >= 15 is 0 Å². The second kappa shape index (κ2) is 6.74. The highest BCUT2D eigenvalue weighted by atomic mass is 16.3. The summed E-state index contributed by atoms with van der Waals surface area (Å²) in [6.45, 7) is 0.553. The number of amides is 1. The average Bonchev–Trinajstić information content (AvgIpc) is 3.19. The van der Waals surface area contributed by atoms with Gasteiger partial charge in [0.25, 0.3) is 5.91 Å². The highest BCUT2D eigenvalue weighted by molar-refractivity contribution is 5.99. The monoisotopic (exact) mass is 375 g/mol. The number of fused-ring (bicyclic) bond motifs is 2. The van der Waals surface area contributed by atoms with E-state index in [1.54, 1.807) is 6.33 Å². The molecule has 1 aliphatic heterocycles. The molecule has 0 bridgehead atoms. The summed E-state index contributed by atoms with van der Waals surface area (Å²) >= 11 is 0. The van der Waals surface area contributed by atoms with Crippen molar-refractivity contribution in [3.05, 3.63) is 72.3 Å². The van der Waals surface area contributed by atoms with Gasteiger partial charge in [-0.15, -0.1) is 0 Å². The Labute approximate surface area is 164 Å². The highest BCUT2D eigenvalue weighted by Crippen LogP contribution is 2.47. The summed E-state index contributed by atoms with van der Waals surface area (Å²) in [5.41, 5.74) is 1.46. The maximum Gasteiger partial charge on any atom is 0.274 e. The van der Waals surface area contributed by atoms with E-state index in [0.717, 1.165) is 36.8 Å². The van der Waals surface area contributed by atoms with Crippen LogP contribution in [0.5, 0.6) is 0 Å². The summed E-state index contributed by atoms with van der Waals surface area (Å²) in [6.07, 6.45) is 8.26. The molecule has 2 fully saturated rings. The van der Waals surface area contributed by atoms with Crippen LogP contribution >= 0.6 is 0 Å². The summed E-state index contributed by atoms with van der Waals surface area (Å²) in [4.78, 5) is 19.8. The molecule has 0 spiro atoms. The van der Waals surface area contributed by atoms with Crippen LogP contribution in [0.4, 0.5) is 0 Å². The normalized spacial score (nSPS) is 27.5. The molecule has 5 nitrogen and oxygen atoms in total. The minimum Gasteiger partial charge on any atom is -0.385 e. The molecular weight excluding hydrogens is 350 g/mol. The number of piperidine rings is 1. The Morgan fingerprint density at radius 3 is 2.71 bits per heavy atom. The van der Waals surface area contributed by atoms with Gasteiger partial charge >= 0.3 is 0 Å². The molecule has 3 heterocycles.